The predicted molar refractivity (Wildman–Crippen MR) is 176 cm³/mol. The van der Waals surface area contributed by atoms with Crippen LogP contribution in [0.4, 0.5) is 0 Å². The van der Waals surface area contributed by atoms with Crippen LogP contribution in [-0.2, 0) is 35.7 Å². The summed E-state index contributed by atoms with van der Waals surface area (Å²) in [5.41, 5.74) is -7.81. The second kappa shape index (κ2) is 13.1. The van der Waals surface area contributed by atoms with Gasteiger partial charge in [-0.15, -0.1) is 0 Å². The fourth-order valence-electron chi connectivity index (χ4n) is 8.21. The molecule has 8 atom stereocenters. The maximum atomic E-state index is 14.9. The molecule has 2 aromatic rings. The van der Waals surface area contributed by atoms with Crippen LogP contribution < -0.4 is 14.8 Å². The third-order valence-corrected chi connectivity index (χ3v) is 10.5. The van der Waals surface area contributed by atoms with E-state index >= 15 is 0 Å². The molecule has 0 amide bonds. The second-order valence-corrected chi connectivity index (χ2v) is 13.0. The molecule has 0 saturated carbocycles. The summed E-state index contributed by atoms with van der Waals surface area (Å²) in [5.74, 6) is -5.59. The first-order valence-corrected chi connectivity index (χ1v) is 16.2. The number of aliphatic hydroxyl groups excluding tert-OH is 2. The molecule has 6 rings (SSSR count). The number of hydrogen-bond donors (Lipinski definition) is 4. The number of rotatable bonds is 8. The van der Waals surface area contributed by atoms with Gasteiger partial charge in [0.15, 0.2) is 23.2 Å². The molecular weight excluding hydrogens is 686 g/mol. The van der Waals surface area contributed by atoms with Crippen molar-refractivity contribution in [3.8, 4) is 11.5 Å². The Morgan fingerprint density at radius 2 is 1.56 bits per heavy atom. The van der Waals surface area contributed by atoms with Crippen LogP contribution in [0.15, 0.2) is 23.9 Å². The molecule has 3 aliphatic carbocycles. The molecule has 4 N–H and O–H groups in total. The number of aliphatic hydroxyl groups is 3. The molecule has 1 unspecified atom stereocenters. The highest BCUT2D eigenvalue weighted by Gasteiger charge is 2.73. The number of aryl methyl sites for hydroxylation is 1. The molecule has 1 saturated heterocycles. The van der Waals surface area contributed by atoms with Crippen LogP contribution in [0, 0.1) is 6.92 Å². The summed E-state index contributed by atoms with van der Waals surface area (Å²) in [7, 11) is 7.18. The van der Waals surface area contributed by atoms with Crippen LogP contribution in [0.3, 0.4) is 0 Å². The summed E-state index contributed by atoms with van der Waals surface area (Å²) in [6.45, 7) is 3.21. The first-order valence-electron chi connectivity index (χ1n) is 16.2. The molecule has 1 fully saturated rings. The van der Waals surface area contributed by atoms with Gasteiger partial charge >= 0.3 is 5.97 Å². The Hall–Kier alpha value is -4.55. The number of esters is 1. The van der Waals surface area contributed by atoms with Crippen LogP contribution in [0.2, 0.25) is 0 Å². The van der Waals surface area contributed by atoms with Gasteiger partial charge in [-0.1, -0.05) is 6.07 Å². The maximum Gasteiger partial charge on any atom is 0.341 e. The SMILES string of the molecule is COC(=O)c1c(C)cc2c(c1OC)[C@]1(O)C(=O)c3cc4c(c(OC)c3C(=O)[C@]1(OC)[C@H](O)C2)C(=O)C=C(NC1O[C@@H](C)[C@H](OC)[C@@H](O)[C@H]1OC)C4=O. The van der Waals surface area contributed by atoms with E-state index in [0.717, 1.165) is 33.5 Å². The monoisotopic (exact) mass is 725 g/mol. The third-order valence-electron chi connectivity index (χ3n) is 10.5. The van der Waals surface area contributed by atoms with E-state index in [4.69, 9.17) is 33.2 Å². The van der Waals surface area contributed by atoms with Gasteiger partial charge in [-0.2, -0.15) is 0 Å². The minimum atomic E-state index is -3.05. The Morgan fingerprint density at radius 1 is 0.904 bits per heavy atom. The smallest absolute Gasteiger partial charge is 0.341 e. The zero-order valence-electron chi connectivity index (χ0n) is 29.6. The lowest BCUT2D eigenvalue weighted by molar-refractivity contribution is -0.236. The average molecular weight is 726 g/mol. The Morgan fingerprint density at radius 3 is 2.13 bits per heavy atom. The number of fused-ring (bicyclic) bond motifs is 5. The van der Waals surface area contributed by atoms with Crippen molar-refractivity contribution in [2.24, 2.45) is 0 Å². The number of carbonyl (C=O) groups excluding carboxylic acids is 5. The largest absolute Gasteiger partial charge is 0.495 e. The summed E-state index contributed by atoms with van der Waals surface area (Å²) < 4.78 is 38.5. The minimum Gasteiger partial charge on any atom is -0.495 e. The van der Waals surface area contributed by atoms with Gasteiger partial charge in [0.1, 0.15) is 35.4 Å². The van der Waals surface area contributed by atoms with Gasteiger partial charge in [0, 0.05) is 50.5 Å². The summed E-state index contributed by atoms with van der Waals surface area (Å²) in [6.07, 6.45) is -6.03. The lowest BCUT2D eigenvalue weighted by atomic mass is 9.56. The molecule has 1 aliphatic heterocycles. The number of methoxy groups -OCH3 is 6. The van der Waals surface area contributed by atoms with Crippen molar-refractivity contribution < 1.29 is 72.5 Å². The normalized spacial score (nSPS) is 30.8. The molecule has 2 aromatic carbocycles. The van der Waals surface area contributed by atoms with Crippen molar-refractivity contribution in [2.75, 3.05) is 42.7 Å². The van der Waals surface area contributed by atoms with Gasteiger partial charge < -0.3 is 53.8 Å². The number of ether oxygens (including phenoxy) is 7. The van der Waals surface area contributed by atoms with Gasteiger partial charge in [0.05, 0.1) is 50.4 Å². The van der Waals surface area contributed by atoms with Crippen molar-refractivity contribution >= 4 is 29.1 Å². The molecule has 4 aliphatic rings. The Bertz CT molecular complexity index is 1950. The van der Waals surface area contributed by atoms with Gasteiger partial charge in [0.25, 0.3) is 0 Å². The van der Waals surface area contributed by atoms with E-state index in [2.05, 4.69) is 5.32 Å². The third kappa shape index (κ3) is 4.75. The molecular formula is C36H39NO15. The van der Waals surface area contributed by atoms with Crippen LogP contribution in [0.25, 0.3) is 0 Å². The summed E-state index contributed by atoms with van der Waals surface area (Å²) in [4.78, 5) is 70.6. The number of allylic oxidation sites excluding steroid dienone is 2. The zero-order chi connectivity index (χ0) is 38.2. The van der Waals surface area contributed by atoms with E-state index < -0.39 is 93.9 Å². The zero-order valence-corrected chi connectivity index (χ0v) is 29.6. The van der Waals surface area contributed by atoms with Crippen molar-refractivity contribution in [2.45, 2.75) is 68.2 Å². The van der Waals surface area contributed by atoms with Gasteiger partial charge in [-0.3, -0.25) is 19.2 Å². The van der Waals surface area contributed by atoms with E-state index in [1.54, 1.807) is 13.8 Å². The average Bonchev–Trinajstić information content (AvgIpc) is 3.11. The molecule has 16 nitrogen and oxygen atoms in total. The topological polar surface area (TPSA) is 223 Å². The number of nitrogens with one attached hydrogen (secondary N) is 1. The van der Waals surface area contributed by atoms with Crippen molar-refractivity contribution in [3.05, 3.63) is 68.4 Å². The van der Waals surface area contributed by atoms with Crippen molar-refractivity contribution in [3.63, 3.8) is 0 Å². The molecule has 0 bridgehead atoms. The van der Waals surface area contributed by atoms with Crippen LogP contribution in [-0.4, -0.2) is 129 Å². The highest BCUT2D eigenvalue weighted by atomic mass is 16.6. The lowest BCUT2D eigenvalue weighted by Crippen LogP contribution is -2.73. The van der Waals surface area contributed by atoms with Crippen LogP contribution in [0.5, 0.6) is 11.5 Å². The van der Waals surface area contributed by atoms with Crippen molar-refractivity contribution in [1.82, 2.24) is 5.32 Å². The van der Waals surface area contributed by atoms with E-state index in [9.17, 15) is 39.3 Å². The first kappa shape index (κ1) is 37.2. The molecule has 278 valence electrons. The fourth-order valence-corrected chi connectivity index (χ4v) is 8.21. The molecule has 0 aromatic heterocycles. The quantitative estimate of drug-likeness (QED) is 0.270. The van der Waals surface area contributed by atoms with Crippen LogP contribution >= 0.6 is 0 Å². The Labute approximate surface area is 297 Å². The lowest BCUT2D eigenvalue weighted by Gasteiger charge is -2.53. The molecule has 0 spiro atoms. The highest BCUT2D eigenvalue weighted by molar-refractivity contribution is 6.31. The molecule has 16 heteroatoms. The van der Waals surface area contributed by atoms with E-state index in [1.165, 1.54) is 27.4 Å². The fraction of sp³-hybridized carbons (Fsp3) is 0.472. The van der Waals surface area contributed by atoms with E-state index in [0.29, 0.717) is 5.56 Å². The number of benzene rings is 2. The molecule has 0 radical (unpaired) electrons. The van der Waals surface area contributed by atoms with Gasteiger partial charge in [0.2, 0.25) is 17.3 Å². The van der Waals surface area contributed by atoms with E-state index in [1.807, 2.05) is 0 Å². The van der Waals surface area contributed by atoms with Gasteiger partial charge in [-0.05, 0) is 31.0 Å². The Kier molecular flexibility index (Phi) is 9.40. The molecule has 52 heavy (non-hydrogen) atoms. The highest BCUT2D eigenvalue weighted by Crippen LogP contribution is 2.57. The summed E-state index contributed by atoms with van der Waals surface area (Å²) in [6, 6.07) is 2.46. The maximum absolute atomic E-state index is 14.9. The minimum absolute atomic E-state index is 0.148. The first-order chi connectivity index (χ1) is 24.6. The second-order valence-electron chi connectivity index (χ2n) is 13.0. The summed E-state index contributed by atoms with van der Waals surface area (Å²) >= 11 is 0. The number of hydrogen-bond acceptors (Lipinski definition) is 16. The molecule has 1 heterocycles. The number of ketones is 4. The standard InChI is InChI=1S/C36H39NO15/c1-13-9-15-10-20(39)36(51-8)32(43)23-17(31(42)35(36,45)24(15)29(48-5)21(13)34(44)50-7)11-16-22(28(23)47-4)19(38)12-18(25(16)40)37-33-30(49-6)26(41)27(46-3)14(2)52-33/h9,11-12,14,20,26-27,30,33,37,39,41,45H,10H2,1-8H3/t14-,20+,26+,27-,30+,33?,35-,36+/m0/s1. The van der Waals surface area contributed by atoms with Gasteiger partial charge in [-0.25, -0.2) is 4.79 Å². The van der Waals surface area contributed by atoms with Crippen molar-refractivity contribution in [1.29, 1.82) is 0 Å². The Balaban J connectivity index is 1.55. The summed E-state index contributed by atoms with van der Waals surface area (Å²) in [5, 5.41) is 38.1. The predicted octanol–water partition coefficient (Wildman–Crippen LogP) is 0.356. The number of carbonyl (C=O) groups is 5. The van der Waals surface area contributed by atoms with Crippen LogP contribution in [0.1, 0.15) is 75.4 Å². The van der Waals surface area contributed by atoms with E-state index in [-0.39, 0.29) is 45.7 Å². The number of Topliss-reactive ketones (excluding diaryl/α,β-unsaturated/α-hetero) is 3.